The van der Waals surface area contributed by atoms with Gasteiger partial charge in [-0.25, -0.2) is 0 Å². The average Bonchev–Trinajstić information content (AvgIpc) is 2.78. The van der Waals surface area contributed by atoms with Crippen LogP contribution in [0, 0.1) is 0 Å². The Morgan fingerprint density at radius 1 is 0.375 bits per heavy atom. The van der Waals surface area contributed by atoms with Gasteiger partial charge in [-0.2, -0.15) is 0 Å². The van der Waals surface area contributed by atoms with Gasteiger partial charge in [0.1, 0.15) is 0 Å². The van der Waals surface area contributed by atoms with Gasteiger partial charge in [0.2, 0.25) is 0 Å². The van der Waals surface area contributed by atoms with Crippen molar-refractivity contribution in [1.82, 2.24) is 0 Å². The first-order valence-corrected chi connectivity index (χ1v) is 14.9. The molecule has 32 heavy (non-hydrogen) atoms. The SMILES string of the molecule is CCCCCCCCCCCC.CCCCCCCCCCCCCCCCCC(=O)O. The van der Waals surface area contributed by atoms with Gasteiger partial charge < -0.3 is 5.11 Å². The van der Waals surface area contributed by atoms with Gasteiger partial charge in [0, 0.05) is 6.42 Å². The second kappa shape index (κ2) is 32.6. The number of unbranched alkanes of at least 4 members (excludes halogenated alkanes) is 23. The van der Waals surface area contributed by atoms with Gasteiger partial charge in [-0.05, 0) is 6.42 Å². The minimum Gasteiger partial charge on any atom is -0.481 e. The lowest BCUT2D eigenvalue weighted by molar-refractivity contribution is -0.137. The fourth-order valence-corrected chi connectivity index (χ4v) is 4.21. The Balaban J connectivity index is 0. The zero-order chi connectivity index (χ0) is 24.0. The highest BCUT2D eigenvalue weighted by Crippen LogP contribution is 2.13. The van der Waals surface area contributed by atoms with Crippen molar-refractivity contribution in [2.45, 2.75) is 188 Å². The van der Waals surface area contributed by atoms with Crippen LogP contribution in [0.15, 0.2) is 0 Å². The summed E-state index contributed by atoms with van der Waals surface area (Å²) in [4.78, 5) is 10.3. The summed E-state index contributed by atoms with van der Waals surface area (Å²) in [7, 11) is 0. The third-order valence-electron chi connectivity index (χ3n) is 6.45. The molecule has 0 aromatic carbocycles. The molecule has 0 bridgehead atoms. The van der Waals surface area contributed by atoms with E-state index < -0.39 is 5.97 Å². The Morgan fingerprint density at radius 2 is 0.562 bits per heavy atom. The lowest BCUT2D eigenvalue weighted by Crippen LogP contribution is -1.93. The molecular weight excluding hydrogens is 392 g/mol. The summed E-state index contributed by atoms with van der Waals surface area (Å²) in [6.07, 6.45) is 34.6. The van der Waals surface area contributed by atoms with Crippen LogP contribution in [0.5, 0.6) is 0 Å². The molecule has 0 atom stereocenters. The zero-order valence-electron chi connectivity index (χ0n) is 22.7. The van der Waals surface area contributed by atoms with E-state index in [0.717, 1.165) is 12.8 Å². The minimum atomic E-state index is -0.653. The molecule has 0 aromatic heterocycles. The number of hydrogen-bond acceptors (Lipinski definition) is 1. The fourth-order valence-electron chi connectivity index (χ4n) is 4.21. The Hall–Kier alpha value is -0.530. The standard InChI is InChI=1S/C18H36O2.C12H26/c1-2-3-4-5-6-7-8-9-10-11-12-13-14-15-16-17-18(19)20;1-3-5-7-9-11-12-10-8-6-4-2/h2-17H2,1H3,(H,19,20);3-12H2,1-2H3. The molecule has 0 saturated heterocycles. The van der Waals surface area contributed by atoms with Crippen LogP contribution in [-0.4, -0.2) is 11.1 Å². The molecule has 0 heterocycles. The highest BCUT2D eigenvalue weighted by molar-refractivity contribution is 5.66. The smallest absolute Gasteiger partial charge is 0.303 e. The van der Waals surface area contributed by atoms with Crippen LogP contribution in [0.1, 0.15) is 188 Å². The largest absolute Gasteiger partial charge is 0.481 e. The van der Waals surface area contributed by atoms with E-state index >= 15 is 0 Å². The van der Waals surface area contributed by atoms with E-state index in [2.05, 4.69) is 20.8 Å². The summed E-state index contributed by atoms with van der Waals surface area (Å²) in [5.74, 6) is -0.653. The summed E-state index contributed by atoms with van der Waals surface area (Å²) in [5, 5.41) is 8.52. The van der Waals surface area contributed by atoms with Crippen molar-refractivity contribution in [1.29, 1.82) is 0 Å². The Bertz CT molecular complexity index is 317. The van der Waals surface area contributed by atoms with Crippen molar-refractivity contribution in [3.63, 3.8) is 0 Å². The number of carbonyl (C=O) groups is 1. The first-order chi connectivity index (χ1) is 15.7. The molecule has 0 aliphatic heterocycles. The van der Waals surface area contributed by atoms with Crippen molar-refractivity contribution in [3.05, 3.63) is 0 Å². The van der Waals surface area contributed by atoms with Crippen molar-refractivity contribution >= 4 is 5.97 Å². The van der Waals surface area contributed by atoms with Crippen LogP contribution >= 0.6 is 0 Å². The molecule has 0 amide bonds. The number of rotatable bonds is 25. The molecule has 0 saturated carbocycles. The first-order valence-electron chi connectivity index (χ1n) is 14.9. The molecule has 0 aliphatic carbocycles. The molecule has 1 N–H and O–H groups in total. The van der Waals surface area contributed by atoms with E-state index in [1.165, 1.54) is 148 Å². The van der Waals surface area contributed by atoms with E-state index in [1.54, 1.807) is 0 Å². The highest BCUT2D eigenvalue weighted by Gasteiger charge is 1.97. The van der Waals surface area contributed by atoms with E-state index in [4.69, 9.17) is 5.11 Å². The third kappa shape index (κ3) is 36.8. The quantitative estimate of drug-likeness (QED) is 0.139. The maximum atomic E-state index is 10.3. The van der Waals surface area contributed by atoms with Gasteiger partial charge in [0.05, 0.1) is 0 Å². The van der Waals surface area contributed by atoms with Crippen LogP contribution in [0.25, 0.3) is 0 Å². The maximum Gasteiger partial charge on any atom is 0.303 e. The average molecular weight is 455 g/mol. The van der Waals surface area contributed by atoms with Crippen LogP contribution in [0.3, 0.4) is 0 Å². The van der Waals surface area contributed by atoms with Gasteiger partial charge >= 0.3 is 5.97 Å². The summed E-state index contributed by atoms with van der Waals surface area (Å²) in [5.41, 5.74) is 0. The molecular formula is C30H62O2. The molecule has 0 fully saturated rings. The van der Waals surface area contributed by atoms with Gasteiger partial charge in [0.15, 0.2) is 0 Å². The molecule has 0 radical (unpaired) electrons. The van der Waals surface area contributed by atoms with Crippen molar-refractivity contribution < 1.29 is 9.90 Å². The highest BCUT2D eigenvalue weighted by atomic mass is 16.4. The Labute approximate surface area is 203 Å². The van der Waals surface area contributed by atoms with Crippen LogP contribution in [0.4, 0.5) is 0 Å². The summed E-state index contributed by atoms with van der Waals surface area (Å²) in [6, 6.07) is 0. The second-order valence-corrected chi connectivity index (χ2v) is 9.92. The molecule has 0 unspecified atom stereocenters. The zero-order valence-corrected chi connectivity index (χ0v) is 22.7. The fraction of sp³-hybridized carbons (Fsp3) is 0.967. The van der Waals surface area contributed by atoms with Gasteiger partial charge in [-0.15, -0.1) is 0 Å². The van der Waals surface area contributed by atoms with E-state index in [1.807, 2.05) is 0 Å². The molecule has 194 valence electrons. The van der Waals surface area contributed by atoms with Crippen molar-refractivity contribution in [2.75, 3.05) is 0 Å². The Kier molecular flexibility index (Phi) is 34.3. The number of hydrogen-bond donors (Lipinski definition) is 1. The van der Waals surface area contributed by atoms with E-state index in [9.17, 15) is 4.79 Å². The molecule has 0 spiro atoms. The predicted octanol–water partition coefficient (Wildman–Crippen LogP) is 11.3. The van der Waals surface area contributed by atoms with Gasteiger partial charge in [-0.1, -0.05) is 175 Å². The Morgan fingerprint density at radius 3 is 0.750 bits per heavy atom. The lowest BCUT2D eigenvalue weighted by atomic mass is 10.0. The molecule has 0 aliphatic rings. The first kappa shape index (κ1) is 33.6. The van der Waals surface area contributed by atoms with Crippen LogP contribution in [0.2, 0.25) is 0 Å². The van der Waals surface area contributed by atoms with Crippen LogP contribution < -0.4 is 0 Å². The summed E-state index contributed by atoms with van der Waals surface area (Å²) >= 11 is 0. The van der Waals surface area contributed by atoms with Crippen LogP contribution in [-0.2, 0) is 4.79 Å². The molecule has 2 nitrogen and oxygen atoms in total. The summed E-state index contributed by atoms with van der Waals surface area (Å²) < 4.78 is 0. The topological polar surface area (TPSA) is 37.3 Å². The molecule has 0 rings (SSSR count). The van der Waals surface area contributed by atoms with E-state index in [-0.39, 0.29) is 0 Å². The normalized spacial score (nSPS) is 10.7. The molecule has 0 aromatic rings. The second-order valence-electron chi connectivity index (χ2n) is 9.92. The van der Waals surface area contributed by atoms with E-state index in [0.29, 0.717) is 6.42 Å². The summed E-state index contributed by atoms with van der Waals surface area (Å²) in [6.45, 7) is 6.83. The lowest BCUT2D eigenvalue weighted by Gasteiger charge is -2.03. The minimum absolute atomic E-state index is 0.345. The van der Waals surface area contributed by atoms with Crippen molar-refractivity contribution in [2.24, 2.45) is 0 Å². The number of aliphatic carboxylic acids is 1. The molecule has 2 heteroatoms. The third-order valence-corrected chi connectivity index (χ3v) is 6.45. The van der Waals surface area contributed by atoms with Crippen molar-refractivity contribution in [3.8, 4) is 0 Å². The van der Waals surface area contributed by atoms with Gasteiger partial charge in [0.25, 0.3) is 0 Å². The predicted molar refractivity (Wildman–Crippen MR) is 145 cm³/mol. The van der Waals surface area contributed by atoms with Gasteiger partial charge in [-0.3, -0.25) is 4.79 Å². The number of carboxylic acids is 1. The monoisotopic (exact) mass is 454 g/mol. The number of carboxylic acid groups (broad SMARTS) is 1. The maximum absolute atomic E-state index is 10.3.